The van der Waals surface area contributed by atoms with Gasteiger partial charge in [0.25, 0.3) is 0 Å². The van der Waals surface area contributed by atoms with Crippen molar-refractivity contribution < 1.29 is 5.11 Å². The number of aryl methyl sites for hydroxylation is 2. The number of fused-ring (bicyclic) bond motifs is 1. The van der Waals surface area contributed by atoms with Crippen molar-refractivity contribution >= 4 is 34.4 Å². The molecule has 0 bridgehead atoms. The highest BCUT2D eigenvalue weighted by molar-refractivity contribution is 7.80. The van der Waals surface area contributed by atoms with Crippen LogP contribution in [-0.4, -0.2) is 55.2 Å². The SMILES string of the molecule is [C-]#[N+]CCc1cc2c(C=NN(CCC(C)O)C(N)=S)cc(-c3cncn3C)nc2cc1C. The minimum Gasteiger partial charge on any atom is -0.393 e. The summed E-state index contributed by atoms with van der Waals surface area (Å²) in [4.78, 5) is 12.6. The number of hydrazone groups is 1. The number of thiocarbonyl (C=S) groups is 1. The number of rotatable bonds is 8. The minimum absolute atomic E-state index is 0.140. The largest absolute Gasteiger partial charge is 0.393 e. The molecule has 3 N–H and O–H groups in total. The van der Waals surface area contributed by atoms with Gasteiger partial charge in [0.2, 0.25) is 6.54 Å². The maximum absolute atomic E-state index is 9.60. The summed E-state index contributed by atoms with van der Waals surface area (Å²) >= 11 is 5.13. The lowest BCUT2D eigenvalue weighted by Gasteiger charge is -2.18. The van der Waals surface area contributed by atoms with Crippen molar-refractivity contribution in [2.24, 2.45) is 17.9 Å². The zero-order chi connectivity index (χ0) is 23.3. The topological polar surface area (TPSA) is 96.9 Å². The molecule has 0 spiro atoms. The molecule has 9 heteroatoms. The third-order valence-corrected chi connectivity index (χ3v) is 5.43. The van der Waals surface area contributed by atoms with Gasteiger partial charge in [0, 0.05) is 31.0 Å². The molecule has 8 nitrogen and oxygen atoms in total. The summed E-state index contributed by atoms with van der Waals surface area (Å²) in [5, 5.41) is 16.7. The molecule has 0 radical (unpaired) electrons. The minimum atomic E-state index is -0.478. The molecule has 1 atom stereocenters. The maximum Gasteiger partial charge on any atom is 0.218 e. The fourth-order valence-electron chi connectivity index (χ4n) is 3.40. The predicted octanol–water partition coefficient (Wildman–Crippen LogP) is 3.06. The van der Waals surface area contributed by atoms with Gasteiger partial charge in [-0.1, -0.05) is 0 Å². The average molecular weight is 450 g/mol. The van der Waals surface area contributed by atoms with Gasteiger partial charge in [0.1, 0.15) is 0 Å². The molecule has 0 fully saturated rings. The first-order chi connectivity index (χ1) is 15.3. The van der Waals surface area contributed by atoms with Gasteiger partial charge in [0.05, 0.1) is 41.7 Å². The maximum atomic E-state index is 9.60. The molecule has 166 valence electrons. The Morgan fingerprint density at radius 2 is 2.22 bits per heavy atom. The molecule has 0 aliphatic carbocycles. The quantitative estimate of drug-likeness (QED) is 0.237. The number of aliphatic hydroxyl groups is 1. The van der Waals surface area contributed by atoms with E-state index in [1.807, 2.05) is 30.7 Å². The van der Waals surface area contributed by atoms with Crippen LogP contribution in [0.3, 0.4) is 0 Å². The highest BCUT2D eigenvalue weighted by Gasteiger charge is 2.13. The van der Waals surface area contributed by atoms with Crippen LogP contribution in [0.1, 0.15) is 30.0 Å². The monoisotopic (exact) mass is 449 g/mol. The second-order valence-corrected chi connectivity index (χ2v) is 8.18. The Morgan fingerprint density at radius 1 is 1.44 bits per heavy atom. The van der Waals surface area contributed by atoms with Gasteiger partial charge >= 0.3 is 0 Å². The summed E-state index contributed by atoms with van der Waals surface area (Å²) in [6.45, 7) is 11.7. The fourth-order valence-corrected chi connectivity index (χ4v) is 3.54. The van der Waals surface area contributed by atoms with Crippen LogP contribution in [0.15, 0.2) is 35.8 Å². The molecule has 2 heterocycles. The summed E-state index contributed by atoms with van der Waals surface area (Å²) in [5.74, 6) is 0. The van der Waals surface area contributed by atoms with Gasteiger partial charge in [0.15, 0.2) is 5.11 Å². The van der Waals surface area contributed by atoms with Gasteiger partial charge in [-0.2, -0.15) is 5.10 Å². The summed E-state index contributed by atoms with van der Waals surface area (Å²) < 4.78 is 1.91. The third kappa shape index (κ3) is 5.46. The van der Waals surface area contributed by atoms with Crippen molar-refractivity contribution in [3.05, 3.63) is 58.8 Å². The zero-order valence-corrected chi connectivity index (χ0v) is 19.3. The van der Waals surface area contributed by atoms with E-state index in [4.69, 9.17) is 29.5 Å². The van der Waals surface area contributed by atoms with Gasteiger partial charge in [-0.3, -0.25) is 0 Å². The first-order valence-corrected chi connectivity index (χ1v) is 10.7. The highest BCUT2D eigenvalue weighted by Crippen LogP contribution is 2.26. The molecule has 3 rings (SSSR count). The molecule has 32 heavy (non-hydrogen) atoms. The van der Waals surface area contributed by atoms with E-state index in [9.17, 15) is 5.11 Å². The lowest BCUT2D eigenvalue weighted by atomic mass is 9.99. The van der Waals surface area contributed by atoms with Crippen molar-refractivity contribution in [1.82, 2.24) is 19.5 Å². The Kier molecular flexibility index (Phi) is 7.51. The second kappa shape index (κ2) is 10.3. The smallest absolute Gasteiger partial charge is 0.218 e. The number of aromatic nitrogens is 3. The number of imidazole rings is 1. The number of nitrogens with two attached hydrogens (primary N) is 1. The fraction of sp³-hybridized carbons (Fsp3) is 0.348. The van der Waals surface area contributed by atoms with Crippen LogP contribution in [-0.2, 0) is 13.5 Å². The molecule has 0 aliphatic heterocycles. The van der Waals surface area contributed by atoms with E-state index in [0.717, 1.165) is 39.0 Å². The Labute approximate surface area is 193 Å². The van der Waals surface area contributed by atoms with Gasteiger partial charge < -0.3 is 20.3 Å². The lowest BCUT2D eigenvalue weighted by Crippen LogP contribution is -2.33. The Bertz CT molecular complexity index is 1190. The van der Waals surface area contributed by atoms with E-state index in [2.05, 4.69) is 21.0 Å². The van der Waals surface area contributed by atoms with Crippen molar-refractivity contribution in [2.45, 2.75) is 32.8 Å². The van der Waals surface area contributed by atoms with Crippen LogP contribution in [0, 0.1) is 13.5 Å². The number of nitrogens with zero attached hydrogens (tertiary/aromatic N) is 6. The summed E-state index contributed by atoms with van der Waals surface area (Å²) in [7, 11) is 1.92. The molecule has 3 aromatic rings. The van der Waals surface area contributed by atoms with E-state index in [1.165, 1.54) is 5.01 Å². The normalized spacial score (nSPS) is 12.2. The van der Waals surface area contributed by atoms with E-state index in [0.29, 0.717) is 25.9 Å². The van der Waals surface area contributed by atoms with Crippen LogP contribution in [0.5, 0.6) is 0 Å². The Morgan fingerprint density at radius 3 is 2.84 bits per heavy atom. The standard InChI is InChI=1S/C23H27N7OS/c1-15-9-20-19(10-17(15)5-7-25-3)18(11-21(28-20)22-13-26-14-29(22)4)12-27-30(23(24)32)8-6-16(2)31/h9-14,16,31H,5-8H2,1-2,4H3,(H2,24,32). The molecule has 0 amide bonds. The zero-order valence-electron chi connectivity index (χ0n) is 18.5. The van der Waals surface area contributed by atoms with Gasteiger partial charge in [-0.05, 0) is 61.8 Å². The first kappa shape index (κ1) is 23.3. The van der Waals surface area contributed by atoms with E-state index >= 15 is 0 Å². The first-order valence-electron chi connectivity index (χ1n) is 10.3. The number of hydrogen-bond acceptors (Lipinski definition) is 5. The van der Waals surface area contributed by atoms with Crippen molar-refractivity contribution in [3.63, 3.8) is 0 Å². The molecule has 0 aliphatic rings. The van der Waals surface area contributed by atoms with Crippen molar-refractivity contribution in [3.8, 4) is 11.4 Å². The molecular weight excluding hydrogens is 422 g/mol. The highest BCUT2D eigenvalue weighted by atomic mass is 32.1. The molecule has 0 saturated carbocycles. The van der Waals surface area contributed by atoms with E-state index in [-0.39, 0.29) is 5.11 Å². The average Bonchev–Trinajstić information content (AvgIpc) is 3.17. The van der Waals surface area contributed by atoms with Gasteiger partial charge in [-0.25, -0.2) is 21.5 Å². The predicted molar refractivity (Wildman–Crippen MR) is 131 cm³/mol. The molecule has 2 aromatic heterocycles. The van der Waals surface area contributed by atoms with Crippen LogP contribution in [0.4, 0.5) is 0 Å². The molecule has 1 aromatic carbocycles. The van der Waals surface area contributed by atoms with Crippen molar-refractivity contribution in [1.29, 1.82) is 0 Å². The van der Waals surface area contributed by atoms with Crippen LogP contribution >= 0.6 is 12.2 Å². The second-order valence-electron chi connectivity index (χ2n) is 7.76. The summed E-state index contributed by atoms with van der Waals surface area (Å²) in [6, 6.07) is 6.09. The summed E-state index contributed by atoms with van der Waals surface area (Å²) in [5.41, 5.74) is 11.4. The Balaban J connectivity index is 2.12. The summed E-state index contributed by atoms with van der Waals surface area (Å²) in [6.07, 6.45) is 5.92. The molecule has 0 saturated heterocycles. The number of hydrogen-bond donors (Lipinski definition) is 2. The Hall–Kier alpha value is -3.35. The number of pyridine rings is 1. The van der Waals surface area contributed by atoms with Crippen molar-refractivity contribution in [2.75, 3.05) is 13.1 Å². The van der Waals surface area contributed by atoms with Crippen LogP contribution < -0.4 is 5.73 Å². The lowest BCUT2D eigenvalue weighted by molar-refractivity contribution is 0.173. The van der Waals surface area contributed by atoms with Crippen LogP contribution in [0.2, 0.25) is 0 Å². The molecular formula is C23H27N7OS. The van der Waals surface area contributed by atoms with Gasteiger partial charge in [-0.15, -0.1) is 0 Å². The van der Waals surface area contributed by atoms with Crippen LogP contribution in [0.25, 0.3) is 27.1 Å². The number of benzene rings is 1. The third-order valence-electron chi connectivity index (χ3n) is 5.22. The molecule has 1 unspecified atom stereocenters. The number of aliphatic hydroxyl groups excluding tert-OH is 1. The van der Waals surface area contributed by atoms with E-state index in [1.54, 1.807) is 25.7 Å². The van der Waals surface area contributed by atoms with E-state index < -0.39 is 6.10 Å².